The molecule has 118 valence electrons. The van der Waals surface area contributed by atoms with Gasteiger partial charge < -0.3 is 14.6 Å². The lowest BCUT2D eigenvalue weighted by Crippen LogP contribution is -2.17. The van der Waals surface area contributed by atoms with Crippen molar-refractivity contribution in [3.8, 4) is 5.75 Å². The van der Waals surface area contributed by atoms with Gasteiger partial charge in [-0.15, -0.1) is 6.58 Å². The Hall–Kier alpha value is -2.59. The topological polar surface area (TPSA) is 39.1 Å². The highest BCUT2D eigenvalue weighted by Crippen LogP contribution is 2.18. The minimum atomic E-state index is 0.695. The minimum absolute atomic E-state index is 0.695. The Labute approximate surface area is 136 Å². The van der Waals surface area contributed by atoms with E-state index in [4.69, 9.17) is 9.72 Å². The van der Waals surface area contributed by atoms with Crippen molar-refractivity contribution in [1.82, 2.24) is 14.9 Å². The normalized spacial score (nSPS) is 10.8. The predicted octanol–water partition coefficient (Wildman–Crippen LogP) is 3.52. The quantitative estimate of drug-likeness (QED) is 0.679. The molecule has 1 aromatic heterocycles. The number of hydrogen-bond donors (Lipinski definition) is 1. The maximum atomic E-state index is 5.38. The fourth-order valence-electron chi connectivity index (χ4n) is 2.75. The molecule has 0 bridgehead atoms. The first-order valence-corrected chi connectivity index (χ1v) is 7.71. The summed E-state index contributed by atoms with van der Waals surface area (Å²) < 4.78 is 7.58. The number of aromatic nitrogens is 2. The van der Waals surface area contributed by atoms with Crippen molar-refractivity contribution in [2.75, 3.05) is 7.11 Å². The van der Waals surface area contributed by atoms with E-state index in [9.17, 15) is 0 Å². The third-order valence-electron chi connectivity index (χ3n) is 3.84. The van der Waals surface area contributed by atoms with Crippen LogP contribution in [-0.2, 0) is 19.6 Å². The van der Waals surface area contributed by atoms with Gasteiger partial charge in [0.05, 0.1) is 24.7 Å². The minimum Gasteiger partial charge on any atom is -0.496 e. The number of methoxy groups -OCH3 is 1. The summed E-state index contributed by atoms with van der Waals surface area (Å²) in [7, 11) is 1.70. The summed E-state index contributed by atoms with van der Waals surface area (Å²) in [5.74, 6) is 1.92. The van der Waals surface area contributed by atoms with Crippen LogP contribution in [0.3, 0.4) is 0 Å². The summed E-state index contributed by atoms with van der Waals surface area (Å²) in [6, 6.07) is 16.2. The Morgan fingerprint density at radius 1 is 1.13 bits per heavy atom. The van der Waals surface area contributed by atoms with Crippen LogP contribution in [0.4, 0.5) is 0 Å². The van der Waals surface area contributed by atoms with Crippen LogP contribution in [-0.4, -0.2) is 16.7 Å². The summed E-state index contributed by atoms with van der Waals surface area (Å²) >= 11 is 0. The van der Waals surface area contributed by atoms with Gasteiger partial charge in [-0.25, -0.2) is 4.98 Å². The number of nitrogens with zero attached hydrogens (tertiary/aromatic N) is 2. The molecule has 1 heterocycles. The van der Waals surface area contributed by atoms with E-state index in [1.807, 2.05) is 42.5 Å². The van der Waals surface area contributed by atoms with E-state index in [1.54, 1.807) is 7.11 Å². The highest BCUT2D eigenvalue weighted by molar-refractivity contribution is 5.75. The third-order valence-corrected chi connectivity index (χ3v) is 3.84. The van der Waals surface area contributed by atoms with Crippen LogP contribution in [0, 0.1) is 0 Å². The molecule has 0 aliphatic carbocycles. The number of benzene rings is 2. The van der Waals surface area contributed by atoms with Crippen molar-refractivity contribution >= 4 is 11.0 Å². The molecule has 2 aromatic carbocycles. The van der Waals surface area contributed by atoms with Gasteiger partial charge in [-0.1, -0.05) is 36.4 Å². The molecule has 0 atom stereocenters. The summed E-state index contributed by atoms with van der Waals surface area (Å²) in [5.41, 5.74) is 3.30. The Morgan fingerprint density at radius 2 is 1.91 bits per heavy atom. The molecule has 0 unspecified atom stereocenters. The van der Waals surface area contributed by atoms with Gasteiger partial charge in [0.2, 0.25) is 0 Å². The Balaban J connectivity index is 1.76. The van der Waals surface area contributed by atoms with E-state index < -0.39 is 0 Å². The molecule has 23 heavy (non-hydrogen) atoms. The van der Waals surface area contributed by atoms with Crippen LogP contribution in [0.15, 0.2) is 61.2 Å². The van der Waals surface area contributed by atoms with Gasteiger partial charge in [0.25, 0.3) is 0 Å². The van der Waals surface area contributed by atoms with E-state index in [2.05, 4.69) is 28.6 Å². The fraction of sp³-hybridized carbons (Fsp3) is 0.211. The monoisotopic (exact) mass is 307 g/mol. The molecule has 0 radical (unpaired) electrons. The molecule has 0 saturated heterocycles. The van der Waals surface area contributed by atoms with Crippen LogP contribution in [0.2, 0.25) is 0 Å². The predicted molar refractivity (Wildman–Crippen MR) is 93.5 cm³/mol. The van der Waals surface area contributed by atoms with Crippen molar-refractivity contribution in [2.45, 2.75) is 19.6 Å². The van der Waals surface area contributed by atoms with Crippen LogP contribution in [0.1, 0.15) is 11.4 Å². The number of para-hydroxylation sites is 3. The highest BCUT2D eigenvalue weighted by atomic mass is 16.5. The molecule has 4 nitrogen and oxygen atoms in total. The molecule has 3 rings (SSSR count). The van der Waals surface area contributed by atoms with Crippen molar-refractivity contribution in [3.63, 3.8) is 0 Å². The van der Waals surface area contributed by atoms with Crippen LogP contribution >= 0.6 is 0 Å². The number of nitrogens with one attached hydrogen (secondary N) is 1. The lowest BCUT2D eigenvalue weighted by atomic mass is 10.2. The lowest BCUT2D eigenvalue weighted by Gasteiger charge is -2.10. The summed E-state index contributed by atoms with van der Waals surface area (Å²) in [5, 5.41) is 3.45. The van der Waals surface area contributed by atoms with Crippen LogP contribution < -0.4 is 10.1 Å². The highest BCUT2D eigenvalue weighted by Gasteiger charge is 2.09. The number of ether oxygens (including phenoxy) is 1. The smallest absolute Gasteiger partial charge is 0.124 e. The zero-order chi connectivity index (χ0) is 16.1. The second-order valence-electron chi connectivity index (χ2n) is 5.33. The third kappa shape index (κ3) is 3.27. The van der Waals surface area contributed by atoms with Gasteiger partial charge in [-0.05, 0) is 18.2 Å². The van der Waals surface area contributed by atoms with Crippen molar-refractivity contribution in [2.24, 2.45) is 0 Å². The SMILES string of the molecule is C=CCn1c(CNCc2ccccc2OC)nc2ccccc21. The van der Waals surface area contributed by atoms with Crippen LogP contribution in [0.25, 0.3) is 11.0 Å². The van der Waals surface area contributed by atoms with Gasteiger partial charge >= 0.3 is 0 Å². The van der Waals surface area contributed by atoms with E-state index in [0.717, 1.165) is 41.3 Å². The standard InChI is InChI=1S/C19H21N3O/c1-3-12-22-17-10-6-5-9-16(17)21-19(22)14-20-13-15-8-4-7-11-18(15)23-2/h3-11,20H,1,12-14H2,2H3. The lowest BCUT2D eigenvalue weighted by molar-refractivity contribution is 0.407. The Kier molecular flexibility index (Phi) is 4.74. The molecule has 0 amide bonds. The van der Waals surface area contributed by atoms with Gasteiger partial charge in [0.15, 0.2) is 0 Å². The maximum Gasteiger partial charge on any atom is 0.124 e. The molecule has 1 N–H and O–H groups in total. The van der Waals surface area contributed by atoms with Crippen molar-refractivity contribution in [3.05, 3.63) is 72.6 Å². The molecular weight excluding hydrogens is 286 g/mol. The van der Waals surface area contributed by atoms with Gasteiger partial charge in [0.1, 0.15) is 11.6 Å². The first kappa shape index (κ1) is 15.3. The first-order valence-electron chi connectivity index (χ1n) is 7.71. The molecule has 0 aliphatic heterocycles. The average molecular weight is 307 g/mol. The van der Waals surface area contributed by atoms with Crippen molar-refractivity contribution in [1.29, 1.82) is 0 Å². The number of hydrogen-bond acceptors (Lipinski definition) is 3. The zero-order valence-corrected chi connectivity index (χ0v) is 13.3. The number of imidazole rings is 1. The second-order valence-corrected chi connectivity index (χ2v) is 5.33. The number of fused-ring (bicyclic) bond motifs is 1. The average Bonchev–Trinajstić information content (AvgIpc) is 2.94. The summed E-state index contributed by atoms with van der Waals surface area (Å²) in [6.45, 7) is 6.04. The van der Waals surface area contributed by atoms with E-state index >= 15 is 0 Å². The first-order chi connectivity index (χ1) is 11.3. The maximum absolute atomic E-state index is 5.38. The zero-order valence-electron chi connectivity index (χ0n) is 13.3. The molecular formula is C19H21N3O. The van der Waals surface area contributed by atoms with E-state index in [-0.39, 0.29) is 0 Å². The molecule has 3 aromatic rings. The fourth-order valence-corrected chi connectivity index (χ4v) is 2.75. The van der Waals surface area contributed by atoms with Crippen LogP contribution in [0.5, 0.6) is 5.75 Å². The van der Waals surface area contributed by atoms with E-state index in [0.29, 0.717) is 6.54 Å². The molecule has 0 fully saturated rings. The Morgan fingerprint density at radius 3 is 2.74 bits per heavy atom. The van der Waals surface area contributed by atoms with E-state index in [1.165, 1.54) is 0 Å². The summed E-state index contributed by atoms with van der Waals surface area (Å²) in [4.78, 5) is 4.73. The largest absolute Gasteiger partial charge is 0.496 e. The number of rotatable bonds is 7. The summed E-state index contributed by atoms with van der Waals surface area (Å²) in [6.07, 6.45) is 1.90. The van der Waals surface area contributed by atoms with Crippen molar-refractivity contribution < 1.29 is 4.74 Å². The molecule has 4 heteroatoms. The Bertz CT molecular complexity index is 807. The van der Waals surface area contributed by atoms with Gasteiger partial charge in [0, 0.05) is 18.7 Å². The van der Waals surface area contributed by atoms with Gasteiger partial charge in [-0.3, -0.25) is 0 Å². The second kappa shape index (κ2) is 7.11. The molecule has 0 saturated carbocycles. The molecule has 0 spiro atoms. The van der Waals surface area contributed by atoms with Gasteiger partial charge in [-0.2, -0.15) is 0 Å². The number of allylic oxidation sites excluding steroid dienone is 1. The molecule has 0 aliphatic rings.